The second-order valence-corrected chi connectivity index (χ2v) is 10.3. The standard InChI is InChI=1S/C31H28N4O3/c1-37-23-8-11-28-25(17-23)31(30(36)32-28)18-26(31)22-7-9-24-27(33-34-29(24)16-22)10-6-20-2-4-21(5-3-20)19-35-12-14-38-15-13-35/h2-5,7-9,11,16-17,26H,12-15,18-19H2,1H3,(H,32,36)(H,33,34). The number of fused-ring (bicyclic) bond motifs is 3. The van der Waals surface area contributed by atoms with Crippen LogP contribution in [0.4, 0.5) is 5.69 Å². The largest absolute Gasteiger partial charge is 0.497 e. The SMILES string of the molecule is COc1ccc2c(c1)C1(CC1c1ccc3c(C#Cc4ccc(CN5CCOCC5)cc4)[nH]nc3c1)C(=O)N2. The van der Waals surface area contributed by atoms with Crippen molar-refractivity contribution in [2.75, 3.05) is 38.7 Å². The van der Waals surface area contributed by atoms with Crippen molar-refractivity contribution in [2.24, 2.45) is 0 Å². The normalized spacial score (nSPS) is 22.1. The van der Waals surface area contributed by atoms with E-state index in [1.54, 1.807) is 7.11 Å². The average molecular weight is 505 g/mol. The molecular formula is C31H28N4O3. The van der Waals surface area contributed by atoms with E-state index < -0.39 is 5.41 Å². The van der Waals surface area contributed by atoms with Crippen LogP contribution >= 0.6 is 0 Å². The van der Waals surface area contributed by atoms with E-state index in [0.29, 0.717) is 0 Å². The third kappa shape index (κ3) is 3.85. The number of hydrogen-bond donors (Lipinski definition) is 2. The van der Waals surface area contributed by atoms with E-state index >= 15 is 0 Å². The number of ether oxygens (including phenoxy) is 2. The van der Waals surface area contributed by atoms with Gasteiger partial charge in [-0.1, -0.05) is 24.1 Å². The first-order valence-electron chi connectivity index (χ1n) is 13.0. The number of nitrogens with one attached hydrogen (secondary N) is 2. The number of carbonyl (C=O) groups is 1. The number of methoxy groups -OCH3 is 1. The van der Waals surface area contributed by atoms with Gasteiger partial charge in [0.2, 0.25) is 5.91 Å². The van der Waals surface area contributed by atoms with E-state index in [1.165, 1.54) is 5.56 Å². The lowest BCUT2D eigenvalue weighted by Crippen LogP contribution is -2.35. The van der Waals surface area contributed by atoms with E-state index in [2.05, 4.69) is 74.7 Å². The highest BCUT2D eigenvalue weighted by Crippen LogP contribution is 2.65. The molecule has 4 aromatic rings. The van der Waals surface area contributed by atoms with E-state index in [4.69, 9.17) is 9.47 Å². The highest BCUT2D eigenvalue weighted by molar-refractivity contribution is 6.10. The summed E-state index contributed by atoms with van der Waals surface area (Å²) in [7, 11) is 1.65. The molecule has 0 radical (unpaired) electrons. The van der Waals surface area contributed by atoms with Crippen molar-refractivity contribution in [3.8, 4) is 17.6 Å². The molecule has 2 fully saturated rings. The summed E-state index contributed by atoms with van der Waals surface area (Å²) in [4.78, 5) is 15.4. The van der Waals surface area contributed by atoms with Crippen LogP contribution < -0.4 is 10.1 Å². The van der Waals surface area contributed by atoms with Crippen LogP contribution in [0.3, 0.4) is 0 Å². The van der Waals surface area contributed by atoms with Crippen LogP contribution in [0, 0.1) is 11.8 Å². The van der Waals surface area contributed by atoms with Crippen molar-refractivity contribution in [3.63, 3.8) is 0 Å². The molecule has 1 saturated heterocycles. The quantitative estimate of drug-likeness (QED) is 0.408. The predicted octanol–water partition coefficient (Wildman–Crippen LogP) is 4.18. The molecule has 1 aliphatic carbocycles. The number of morpholine rings is 1. The van der Waals surface area contributed by atoms with Gasteiger partial charge in [0.05, 0.1) is 31.3 Å². The van der Waals surface area contributed by atoms with E-state index in [1.807, 2.05) is 18.2 Å². The molecule has 3 aromatic carbocycles. The molecule has 2 N–H and O–H groups in total. The molecule has 3 aliphatic rings. The number of carbonyl (C=O) groups excluding carboxylic acids is 1. The molecule has 0 bridgehead atoms. The summed E-state index contributed by atoms with van der Waals surface area (Å²) >= 11 is 0. The third-order valence-corrected chi connectivity index (χ3v) is 8.10. The number of amides is 1. The molecule has 1 amide bonds. The van der Waals surface area contributed by atoms with Crippen LogP contribution in [0.15, 0.2) is 60.7 Å². The number of rotatable bonds is 4. The Labute approximate surface area is 221 Å². The monoisotopic (exact) mass is 504 g/mol. The summed E-state index contributed by atoms with van der Waals surface area (Å²) in [6.07, 6.45) is 0.781. The maximum Gasteiger partial charge on any atom is 0.235 e. The van der Waals surface area contributed by atoms with Crippen molar-refractivity contribution in [1.82, 2.24) is 15.1 Å². The highest BCUT2D eigenvalue weighted by Gasteiger charge is 2.65. The molecule has 1 spiro atoms. The second kappa shape index (κ2) is 9.02. The van der Waals surface area contributed by atoms with Crippen LogP contribution in [0.5, 0.6) is 5.75 Å². The van der Waals surface area contributed by atoms with Gasteiger partial charge in [-0.3, -0.25) is 14.8 Å². The highest BCUT2D eigenvalue weighted by atomic mass is 16.5. The lowest BCUT2D eigenvalue weighted by Gasteiger charge is -2.26. The number of aromatic amines is 1. The van der Waals surface area contributed by atoms with Crippen molar-refractivity contribution in [1.29, 1.82) is 0 Å². The van der Waals surface area contributed by atoms with Gasteiger partial charge in [0.25, 0.3) is 0 Å². The molecule has 1 aromatic heterocycles. The predicted molar refractivity (Wildman–Crippen MR) is 145 cm³/mol. The van der Waals surface area contributed by atoms with Gasteiger partial charge in [-0.25, -0.2) is 0 Å². The summed E-state index contributed by atoms with van der Waals surface area (Å²) in [6.45, 7) is 4.51. The van der Waals surface area contributed by atoms with Gasteiger partial charge < -0.3 is 14.8 Å². The van der Waals surface area contributed by atoms with Crippen LogP contribution in [-0.2, 0) is 21.5 Å². The maximum atomic E-state index is 13.0. The summed E-state index contributed by atoms with van der Waals surface area (Å²) in [5.74, 6) is 7.47. The number of hydrogen-bond acceptors (Lipinski definition) is 5. The first-order chi connectivity index (χ1) is 18.6. The first kappa shape index (κ1) is 23.0. The Kier molecular flexibility index (Phi) is 5.46. The minimum Gasteiger partial charge on any atom is -0.497 e. The fourth-order valence-electron chi connectivity index (χ4n) is 5.89. The Balaban J connectivity index is 1.09. The molecule has 7 nitrogen and oxygen atoms in total. The molecule has 38 heavy (non-hydrogen) atoms. The van der Waals surface area contributed by atoms with Gasteiger partial charge in [-0.2, -0.15) is 5.10 Å². The molecule has 2 atom stereocenters. The van der Waals surface area contributed by atoms with Gasteiger partial charge in [-0.05, 0) is 71.5 Å². The fourth-order valence-corrected chi connectivity index (χ4v) is 5.89. The van der Waals surface area contributed by atoms with Crippen molar-refractivity contribution >= 4 is 22.5 Å². The number of anilines is 1. The lowest BCUT2D eigenvalue weighted by atomic mass is 9.91. The summed E-state index contributed by atoms with van der Waals surface area (Å²) in [5.41, 5.74) is 6.41. The topological polar surface area (TPSA) is 79.5 Å². The molecule has 7 heteroatoms. The van der Waals surface area contributed by atoms with Crippen LogP contribution in [0.1, 0.15) is 40.3 Å². The molecular weight excluding hydrogens is 476 g/mol. The van der Waals surface area contributed by atoms with Gasteiger partial charge in [0.1, 0.15) is 11.4 Å². The van der Waals surface area contributed by atoms with E-state index in [9.17, 15) is 4.79 Å². The molecule has 3 heterocycles. The minimum absolute atomic E-state index is 0.0652. The fraction of sp³-hybridized carbons (Fsp3) is 0.290. The third-order valence-electron chi connectivity index (χ3n) is 8.10. The van der Waals surface area contributed by atoms with Crippen molar-refractivity contribution < 1.29 is 14.3 Å². The lowest BCUT2D eigenvalue weighted by molar-refractivity contribution is -0.118. The average Bonchev–Trinajstić information content (AvgIpc) is 3.50. The molecule has 1 saturated carbocycles. The number of H-pyrrole nitrogens is 1. The molecule has 190 valence electrons. The zero-order valence-corrected chi connectivity index (χ0v) is 21.2. The van der Waals surface area contributed by atoms with Gasteiger partial charge in [0.15, 0.2) is 0 Å². The molecule has 2 unspecified atom stereocenters. The summed E-state index contributed by atoms with van der Waals surface area (Å²) in [5, 5.41) is 11.7. The molecule has 7 rings (SSSR count). The van der Waals surface area contributed by atoms with Crippen LogP contribution in [-0.4, -0.2) is 54.4 Å². The maximum absolute atomic E-state index is 13.0. The molecule has 2 aliphatic heterocycles. The zero-order valence-electron chi connectivity index (χ0n) is 21.2. The Bertz CT molecular complexity index is 1610. The van der Waals surface area contributed by atoms with Gasteiger partial charge in [0, 0.05) is 42.2 Å². The van der Waals surface area contributed by atoms with Gasteiger partial charge >= 0.3 is 0 Å². The smallest absolute Gasteiger partial charge is 0.235 e. The van der Waals surface area contributed by atoms with E-state index in [0.717, 1.165) is 84.0 Å². The Morgan fingerprint density at radius 1 is 1.08 bits per heavy atom. The van der Waals surface area contributed by atoms with E-state index in [-0.39, 0.29) is 11.8 Å². The Morgan fingerprint density at radius 3 is 2.74 bits per heavy atom. The van der Waals surface area contributed by atoms with Crippen LogP contribution in [0.25, 0.3) is 10.9 Å². The van der Waals surface area contributed by atoms with Gasteiger partial charge in [-0.15, -0.1) is 0 Å². The van der Waals surface area contributed by atoms with Crippen LogP contribution in [0.2, 0.25) is 0 Å². The van der Waals surface area contributed by atoms with Crippen molar-refractivity contribution in [2.45, 2.75) is 24.3 Å². The number of benzene rings is 3. The Hall–Kier alpha value is -4.12. The van der Waals surface area contributed by atoms with Crippen molar-refractivity contribution in [3.05, 3.63) is 88.6 Å². The first-order valence-corrected chi connectivity index (χ1v) is 13.0. The second-order valence-electron chi connectivity index (χ2n) is 10.3. The summed E-state index contributed by atoms with van der Waals surface area (Å²) < 4.78 is 10.9. The number of aromatic nitrogens is 2. The summed E-state index contributed by atoms with van der Waals surface area (Å²) in [6, 6.07) is 20.5. The minimum atomic E-state index is -0.523. The number of nitrogens with zero attached hydrogens (tertiary/aromatic N) is 2. The zero-order chi connectivity index (χ0) is 25.7. The Morgan fingerprint density at radius 2 is 1.92 bits per heavy atom.